The minimum absolute atomic E-state index is 0.0683. The number of carbonyl (C=O) groups is 1. The number of ether oxygens (including phenoxy) is 1. The average Bonchev–Trinajstić information content (AvgIpc) is 2.39. The number of aromatic nitrogens is 1. The molecule has 0 atom stereocenters. The summed E-state index contributed by atoms with van der Waals surface area (Å²) in [5, 5.41) is 3.25. The van der Waals surface area contributed by atoms with Gasteiger partial charge in [0, 0.05) is 31.7 Å². The molecule has 2 aliphatic rings. The maximum atomic E-state index is 12.0. The highest BCUT2D eigenvalue weighted by atomic mass is 35.5. The summed E-state index contributed by atoms with van der Waals surface area (Å²) in [7, 11) is 0. The van der Waals surface area contributed by atoms with Crippen molar-refractivity contribution in [3.63, 3.8) is 0 Å². The zero-order valence-corrected chi connectivity index (χ0v) is 11.3. The molecule has 5 nitrogen and oxygen atoms in total. The number of pyridine rings is 1. The van der Waals surface area contributed by atoms with Gasteiger partial charge in [0.1, 0.15) is 5.15 Å². The van der Waals surface area contributed by atoms with E-state index >= 15 is 0 Å². The predicted octanol–water partition coefficient (Wildman–Crippen LogP) is 2.38. The van der Waals surface area contributed by atoms with Gasteiger partial charge in [-0.3, -0.25) is 0 Å². The minimum atomic E-state index is -0.0683. The normalized spacial score (nSPS) is 21.0. The van der Waals surface area contributed by atoms with E-state index in [-0.39, 0.29) is 6.03 Å². The summed E-state index contributed by atoms with van der Waals surface area (Å²) in [6, 6.07) is 3.34. The molecule has 1 N–H and O–H groups in total. The van der Waals surface area contributed by atoms with Crippen molar-refractivity contribution >= 4 is 23.3 Å². The number of urea groups is 1. The third-order valence-electron chi connectivity index (χ3n) is 3.87. The monoisotopic (exact) mass is 281 g/mol. The van der Waals surface area contributed by atoms with Crippen LogP contribution in [0.25, 0.3) is 0 Å². The van der Waals surface area contributed by atoms with E-state index in [9.17, 15) is 4.79 Å². The molecule has 2 aliphatic heterocycles. The van der Waals surface area contributed by atoms with Gasteiger partial charge in [0.05, 0.1) is 11.9 Å². The number of rotatable bonds is 1. The highest BCUT2D eigenvalue weighted by Crippen LogP contribution is 2.39. The fourth-order valence-electron chi connectivity index (χ4n) is 2.68. The SMILES string of the molecule is O=C(Nc1ccc(Cl)nc1)N1CC2(CCOCC2)C1. The molecule has 1 aromatic heterocycles. The van der Waals surface area contributed by atoms with E-state index in [1.54, 1.807) is 18.3 Å². The quantitative estimate of drug-likeness (QED) is 0.804. The summed E-state index contributed by atoms with van der Waals surface area (Å²) in [6.45, 7) is 3.28. The Hall–Kier alpha value is -1.33. The molecule has 0 aromatic carbocycles. The van der Waals surface area contributed by atoms with Crippen LogP contribution in [0.15, 0.2) is 18.3 Å². The van der Waals surface area contributed by atoms with Crippen molar-refractivity contribution in [1.29, 1.82) is 0 Å². The number of anilines is 1. The summed E-state index contributed by atoms with van der Waals surface area (Å²) in [6.07, 6.45) is 3.67. The Kier molecular flexibility index (Phi) is 3.33. The lowest BCUT2D eigenvalue weighted by Crippen LogP contribution is -2.61. The van der Waals surface area contributed by atoms with E-state index in [0.717, 1.165) is 39.1 Å². The lowest BCUT2D eigenvalue weighted by molar-refractivity contribution is -0.0596. The van der Waals surface area contributed by atoms with Gasteiger partial charge in [0.2, 0.25) is 0 Å². The van der Waals surface area contributed by atoms with Crippen molar-refractivity contribution in [2.75, 3.05) is 31.6 Å². The molecule has 6 heteroatoms. The zero-order chi connectivity index (χ0) is 13.3. The summed E-state index contributed by atoms with van der Waals surface area (Å²) in [5.74, 6) is 0. The molecule has 2 saturated heterocycles. The Bertz CT molecular complexity index is 463. The van der Waals surface area contributed by atoms with Crippen molar-refractivity contribution in [2.45, 2.75) is 12.8 Å². The maximum absolute atomic E-state index is 12.0. The summed E-state index contributed by atoms with van der Waals surface area (Å²) in [4.78, 5) is 17.8. The first-order valence-corrected chi connectivity index (χ1v) is 6.80. The molecule has 0 unspecified atom stereocenters. The second kappa shape index (κ2) is 4.98. The van der Waals surface area contributed by atoms with Gasteiger partial charge >= 0.3 is 6.03 Å². The molecular formula is C13H16ClN3O2. The Morgan fingerprint density at radius 1 is 1.37 bits per heavy atom. The molecule has 0 saturated carbocycles. The first-order chi connectivity index (χ1) is 9.17. The molecule has 102 valence electrons. The van der Waals surface area contributed by atoms with E-state index in [4.69, 9.17) is 16.3 Å². The Morgan fingerprint density at radius 3 is 2.74 bits per heavy atom. The Balaban J connectivity index is 1.54. The third-order valence-corrected chi connectivity index (χ3v) is 4.10. The van der Waals surface area contributed by atoms with E-state index in [1.807, 2.05) is 4.90 Å². The number of halogens is 1. The van der Waals surface area contributed by atoms with Crippen molar-refractivity contribution in [1.82, 2.24) is 9.88 Å². The smallest absolute Gasteiger partial charge is 0.321 e. The molecule has 2 fully saturated rings. The predicted molar refractivity (Wildman–Crippen MR) is 72.3 cm³/mol. The van der Waals surface area contributed by atoms with Gasteiger partial charge in [0.25, 0.3) is 0 Å². The van der Waals surface area contributed by atoms with Crippen LogP contribution < -0.4 is 5.32 Å². The summed E-state index contributed by atoms with van der Waals surface area (Å²) < 4.78 is 5.36. The topological polar surface area (TPSA) is 54.5 Å². The van der Waals surface area contributed by atoms with E-state index in [2.05, 4.69) is 10.3 Å². The van der Waals surface area contributed by atoms with Gasteiger partial charge in [-0.15, -0.1) is 0 Å². The minimum Gasteiger partial charge on any atom is -0.381 e. The van der Waals surface area contributed by atoms with Crippen LogP contribution in [0.2, 0.25) is 5.15 Å². The van der Waals surface area contributed by atoms with Crippen molar-refractivity contribution < 1.29 is 9.53 Å². The number of amides is 2. The average molecular weight is 282 g/mol. The van der Waals surface area contributed by atoms with Crippen LogP contribution in [0.4, 0.5) is 10.5 Å². The van der Waals surface area contributed by atoms with E-state index in [1.165, 1.54) is 0 Å². The van der Waals surface area contributed by atoms with Crippen molar-refractivity contribution in [2.24, 2.45) is 5.41 Å². The standard InChI is InChI=1S/C13H16ClN3O2/c14-11-2-1-10(7-15-11)16-12(18)17-8-13(9-17)3-5-19-6-4-13/h1-2,7H,3-6,8-9H2,(H,16,18). The number of hydrogen-bond acceptors (Lipinski definition) is 3. The Morgan fingerprint density at radius 2 is 2.11 bits per heavy atom. The van der Waals surface area contributed by atoms with Crippen molar-refractivity contribution in [3.05, 3.63) is 23.5 Å². The number of hydrogen-bond donors (Lipinski definition) is 1. The van der Waals surface area contributed by atoms with Gasteiger partial charge < -0.3 is 15.0 Å². The molecule has 0 bridgehead atoms. The van der Waals surface area contributed by atoms with Crippen LogP contribution in [0.1, 0.15) is 12.8 Å². The zero-order valence-electron chi connectivity index (χ0n) is 10.6. The Labute approximate surface area is 116 Å². The molecule has 2 amide bonds. The second-order valence-corrected chi connectivity index (χ2v) is 5.66. The van der Waals surface area contributed by atoms with Crippen LogP contribution in [0, 0.1) is 5.41 Å². The number of nitrogens with zero attached hydrogens (tertiary/aromatic N) is 2. The summed E-state index contributed by atoms with van der Waals surface area (Å²) in [5.41, 5.74) is 0.968. The van der Waals surface area contributed by atoms with Gasteiger partial charge in [-0.1, -0.05) is 11.6 Å². The largest absolute Gasteiger partial charge is 0.381 e. The van der Waals surface area contributed by atoms with Gasteiger partial charge in [-0.05, 0) is 25.0 Å². The molecule has 0 aliphatic carbocycles. The van der Waals surface area contributed by atoms with Crippen LogP contribution >= 0.6 is 11.6 Å². The first kappa shape index (κ1) is 12.7. The van der Waals surface area contributed by atoms with E-state index in [0.29, 0.717) is 16.3 Å². The van der Waals surface area contributed by atoms with Crippen molar-refractivity contribution in [3.8, 4) is 0 Å². The third kappa shape index (κ3) is 2.67. The van der Waals surface area contributed by atoms with Gasteiger partial charge in [-0.2, -0.15) is 0 Å². The highest BCUT2D eigenvalue weighted by molar-refractivity contribution is 6.29. The molecule has 1 aromatic rings. The van der Waals surface area contributed by atoms with Gasteiger partial charge in [0.15, 0.2) is 0 Å². The lowest BCUT2D eigenvalue weighted by Gasteiger charge is -2.51. The molecule has 19 heavy (non-hydrogen) atoms. The molecular weight excluding hydrogens is 266 g/mol. The molecule has 3 rings (SSSR count). The second-order valence-electron chi connectivity index (χ2n) is 5.27. The van der Waals surface area contributed by atoms with Crippen LogP contribution in [-0.2, 0) is 4.74 Å². The number of nitrogens with one attached hydrogen (secondary N) is 1. The first-order valence-electron chi connectivity index (χ1n) is 6.42. The molecule has 0 radical (unpaired) electrons. The molecule has 3 heterocycles. The molecule has 1 spiro atoms. The highest BCUT2D eigenvalue weighted by Gasteiger charge is 2.45. The number of carbonyl (C=O) groups excluding carboxylic acids is 1. The fraction of sp³-hybridized carbons (Fsp3) is 0.538. The number of likely N-dealkylation sites (tertiary alicyclic amines) is 1. The van der Waals surface area contributed by atoms with E-state index < -0.39 is 0 Å². The van der Waals surface area contributed by atoms with Crippen LogP contribution in [-0.4, -0.2) is 42.2 Å². The fourth-order valence-corrected chi connectivity index (χ4v) is 2.79. The van der Waals surface area contributed by atoms with Gasteiger partial charge in [-0.25, -0.2) is 9.78 Å². The van der Waals surface area contributed by atoms with Crippen LogP contribution in [0.5, 0.6) is 0 Å². The van der Waals surface area contributed by atoms with Crippen LogP contribution in [0.3, 0.4) is 0 Å². The maximum Gasteiger partial charge on any atom is 0.321 e. The lowest BCUT2D eigenvalue weighted by atomic mass is 9.73. The summed E-state index contributed by atoms with van der Waals surface area (Å²) >= 11 is 5.70.